The van der Waals surface area contributed by atoms with Gasteiger partial charge in [-0.1, -0.05) is 23.7 Å². The number of halogens is 2. The van der Waals surface area contributed by atoms with Crippen molar-refractivity contribution in [1.82, 2.24) is 5.43 Å². The van der Waals surface area contributed by atoms with E-state index in [2.05, 4.69) is 26.5 Å². The van der Waals surface area contributed by atoms with Crippen LogP contribution >= 0.6 is 27.5 Å². The molecule has 0 aliphatic carbocycles. The second-order valence-corrected chi connectivity index (χ2v) is 5.40. The number of ether oxygens (including phenoxy) is 1. The predicted molar refractivity (Wildman–Crippen MR) is 88.9 cm³/mol. The van der Waals surface area contributed by atoms with Crippen LogP contribution in [0.4, 0.5) is 0 Å². The van der Waals surface area contributed by atoms with Crippen LogP contribution in [0, 0.1) is 0 Å². The molecule has 0 aromatic heterocycles. The molecule has 0 spiro atoms. The lowest BCUT2D eigenvalue weighted by Crippen LogP contribution is -2.17. The van der Waals surface area contributed by atoms with E-state index in [4.69, 9.17) is 16.3 Å². The van der Waals surface area contributed by atoms with Gasteiger partial charge in [0.25, 0.3) is 5.91 Å². The predicted octanol–water partition coefficient (Wildman–Crippen LogP) is 3.58. The highest BCUT2D eigenvalue weighted by Gasteiger charge is 2.10. The first-order chi connectivity index (χ1) is 10.5. The summed E-state index contributed by atoms with van der Waals surface area (Å²) in [6, 6.07) is 9.95. The first-order valence-electron chi connectivity index (χ1n) is 6.18. The molecular weight excluding hydrogens is 372 g/mol. The van der Waals surface area contributed by atoms with Crippen LogP contribution in [0.1, 0.15) is 15.9 Å². The lowest BCUT2D eigenvalue weighted by atomic mass is 10.2. The van der Waals surface area contributed by atoms with Gasteiger partial charge in [-0.3, -0.25) is 4.79 Å². The summed E-state index contributed by atoms with van der Waals surface area (Å²) in [7, 11) is 1.46. The summed E-state index contributed by atoms with van der Waals surface area (Å²) in [5.41, 5.74) is 3.29. The van der Waals surface area contributed by atoms with E-state index in [1.165, 1.54) is 13.3 Å². The molecule has 114 valence electrons. The number of amides is 1. The van der Waals surface area contributed by atoms with Gasteiger partial charge in [0.1, 0.15) is 0 Å². The molecule has 0 atom stereocenters. The van der Waals surface area contributed by atoms with E-state index in [9.17, 15) is 9.90 Å². The van der Waals surface area contributed by atoms with Gasteiger partial charge in [0, 0.05) is 5.56 Å². The Hall–Kier alpha value is -2.05. The minimum Gasteiger partial charge on any atom is -0.503 e. The first-order valence-corrected chi connectivity index (χ1v) is 7.35. The van der Waals surface area contributed by atoms with Crippen molar-refractivity contribution in [1.29, 1.82) is 0 Å². The number of hydrogen-bond acceptors (Lipinski definition) is 4. The zero-order valence-corrected chi connectivity index (χ0v) is 13.9. The second-order valence-electron chi connectivity index (χ2n) is 4.20. The van der Waals surface area contributed by atoms with Gasteiger partial charge < -0.3 is 9.84 Å². The average Bonchev–Trinajstić information content (AvgIpc) is 2.52. The van der Waals surface area contributed by atoms with Gasteiger partial charge in [-0.05, 0) is 40.2 Å². The van der Waals surface area contributed by atoms with E-state index < -0.39 is 5.91 Å². The van der Waals surface area contributed by atoms with Gasteiger partial charge in [-0.2, -0.15) is 5.10 Å². The lowest BCUT2D eigenvalue weighted by molar-refractivity contribution is 0.0955. The number of phenols is 1. The quantitative estimate of drug-likeness (QED) is 0.626. The molecule has 2 N–H and O–H groups in total. The monoisotopic (exact) mass is 382 g/mol. The van der Waals surface area contributed by atoms with E-state index in [0.717, 1.165) is 0 Å². The summed E-state index contributed by atoms with van der Waals surface area (Å²) >= 11 is 9.17. The Morgan fingerprint density at radius 2 is 2.09 bits per heavy atom. The Morgan fingerprint density at radius 1 is 1.36 bits per heavy atom. The van der Waals surface area contributed by atoms with Crippen molar-refractivity contribution in [2.45, 2.75) is 0 Å². The van der Waals surface area contributed by atoms with Crippen LogP contribution in [0.5, 0.6) is 11.5 Å². The third-order valence-corrected chi connectivity index (χ3v) is 3.98. The van der Waals surface area contributed by atoms with E-state index in [0.29, 0.717) is 26.4 Å². The van der Waals surface area contributed by atoms with E-state index >= 15 is 0 Å². The van der Waals surface area contributed by atoms with E-state index in [1.807, 2.05) is 0 Å². The number of nitrogens with one attached hydrogen (secondary N) is 1. The molecule has 2 aromatic carbocycles. The van der Waals surface area contributed by atoms with Crippen molar-refractivity contribution in [3.8, 4) is 11.5 Å². The number of carbonyl (C=O) groups is 1. The van der Waals surface area contributed by atoms with Crippen LogP contribution in [-0.2, 0) is 0 Å². The molecule has 0 saturated carbocycles. The third kappa shape index (κ3) is 3.58. The maximum Gasteiger partial charge on any atom is 0.272 e. The van der Waals surface area contributed by atoms with Crippen molar-refractivity contribution in [3.63, 3.8) is 0 Å². The Kier molecular flexibility index (Phi) is 5.41. The molecule has 5 nitrogen and oxygen atoms in total. The SMILES string of the molecule is COc1ccc(/C=N\NC(=O)c2ccccc2Cl)c(Br)c1O. The van der Waals surface area contributed by atoms with Crippen LogP contribution in [0.25, 0.3) is 0 Å². The summed E-state index contributed by atoms with van der Waals surface area (Å²) < 4.78 is 5.40. The Bertz CT molecular complexity index is 735. The smallest absolute Gasteiger partial charge is 0.272 e. The molecule has 1 amide bonds. The van der Waals surface area contributed by atoms with Gasteiger partial charge in [0.15, 0.2) is 11.5 Å². The molecule has 0 heterocycles. The fourth-order valence-electron chi connectivity index (χ4n) is 1.69. The minimum atomic E-state index is -0.421. The molecule has 2 aromatic rings. The fourth-order valence-corrected chi connectivity index (χ4v) is 2.34. The van der Waals surface area contributed by atoms with Crippen LogP contribution in [0.2, 0.25) is 5.02 Å². The highest BCUT2D eigenvalue weighted by molar-refractivity contribution is 9.10. The average molecular weight is 384 g/mol. The van der Waals surface area contributed by atoms with Crippen LogP contribution in [-0.4, -0.2) is 24.3 Å². The number of benzene rings is 2. The van der Waals surface area contributed by atoms with Crippen molar-refractivity contribution < 1.29 is 14.6 Å². The summed E-state index contributed by atoms with van der Waals surface area (Å²) in [5, 5.41) is 14.1. The number of phenolic OH excluding ortho intramolecular Hbond substituents is 1. The Balaban J connectivity index is 2.12. The molecular formula is C15H12BrClN2O3. The topological polar surface area (TPSA) is 70.9 Å². The molecule has 22 heavy (non-hydrogen) atoms. The molecule has 2 rings (SSSR count). The number of hydrazone groups is 1. The second kappa shape index (κ2) is 7.29. The number of rotatable bonds is 4. The van der Waals surface area contributed by atoms with Crippen molar-refractivity contribution in [3.05, 3.63) is 57.0 Å². The van der Waals surface area contributed by atoms with Crippen LogP contribution in [0.15, 0.2) is 46.0 Å². The van der Waals surface area contributed by atoms with E-state index in [-0.39, 0.29) is 5.75 Å². The fraction of sp³-hybridized carbons (Fsp3) is 0.0667. The van der Waals surface area contributed by atoms with Crippen LogP contribution in [0.3, 0.4) is 0 Å². The summed E-state index contributed by atoms with van der Waals surface area (Å²) in [6.45, 7) is 0. The molecule has 0 fully saturated rings. The standard InChI is InChI=1S/C15H12BrClN2O3/c1-22-12-7-6-9(13(16)14(12)20)8-18-19-15(21)10-4-2-3-5-11(10)17/h2-8,20H,1H3,(H,19,21)/b18-8-. The minimum absolute atomic E-state index is 0.0381. The van der Waals surface area contributed by atoms with Gasteiger partial charge in [-0.15, -0.1) is 0 Å². The zero-order valence-electron chi connectivity index (χ0n) is 11.5. The van der Waals surface area contributed by atoms with Crippen molar-refractivity contribution >= 4 is 39.7 Å². The number of carbonyl (C=O) groups excluding carboxylic acids is 1. The number of methoxy groups -OCH3 is 1. The number of aromatic hydroxyl groups is 1. The van der Waals surface area contributed by atoms with Crippen molar-refractivity contribution in [2.24, 2.45) is 5.10 Å². The van der Waals surface area contributed by atoms with Gasteiger partial charge in [-0.25, -0.2) is 5.43 Å². The molecule has 0 unspecified atom stereocenters. The summed E-state index contributed by atoms with van der Waals surface area (Å²) in [6.07, 6.45) is 1.40. The molecule has 7 heteroatoms. The Labute approximate surface area is 140 Å². The third-order valence-electron chi connectivity index (χ3n) is 2.82. The zero-order chi connectivity index (χ0) is 16.1. The summed E-state index contributed by atoms with van der Waals surface area (Å²) in [4.78, 5) is 11.9. The molecule has 0 bridgehead atoms. The molecule has 0 saturated heterocycles. The molecule has 0 aliphatic rings. The Morgan fingerprint density at radius 3 is 2.77 bits per heavy atom. The maximum atomic E-state index is 11.9. The highest BCUT2D eigenvalue weighted by atomic mass is 79.9. The van der Waals surface area contributed by atoms with Gasteiger partial charge in [0.2, 0.25) is 0 Å². The normalized spacial score (nSPS) is 10.7. The molecule has 0 aliphatic heterocycles. The first kappa shape index (κ1) is 16.3. The number of nitrogens with zero attached hydrogens (tertiary/aromatic N) is 1. The largest absolute Gasteiger partial charge is 0.503 e. The van der Waals surface area contributed by atoms with Crippen LogP contribution < -0.4 is 10.2 Å². The lowest BCUT2D eigenvalue weighted by Gasteiger charge is -2.07. The highest BCUT2D eigenvalue weighted by Crippen LogP contribution is 2.35. The van der Waals surface area contributed by atoms with Crippen molar-refractivity contribution in [2.75, 3.05) is 7.11 Å². The summed E-state index contributed by atoms with van der Waals surface area (Å²) in [5.74, 6) is -0.122. The van der Waals surface area contributed by atoms with Gasteiger partial charge in [0.05, 0.1) is 28.4 Å². The maximum absolute atomic E-state index is 11.9. The van der Waals surface area contributed by atoms with E-state index in [1.54, 1.807) is 36.4 Å². The molecule has 0 radical (unpaired) electrons. The van der Waals surface area contributed by atoms with Gasteiger partial charge >= 0.3 is 0 Å². The number of hydrogen-bond donors (Lipinski definition) is 2.